The molecule has 2 aromatic heterocycles. The van der Waals surface area contributed by atoms with E-state index in [0.29, 0.717) is 11.4 Å². The normalized spacial score (nSPS) is 11.3. The Morgan fingerprint density at radius 3 is 2.62 bits per heavy atom. The predicted octanol–water partition coefficient (Wildman–Crippen LogP) is 3.69. The minimum atomic E-state index is 0.542. The van der Waals surface area contributed by atoms with Gasteiger partial charge in [-0.1, -0.05) is 30.3 Å². The Morgan fingerprint density at radius 2 is 1.83 bits per heavy atom. The minimum Gasteiger partial charge on any atom is -0.283 e. The van der Waals surface area contributed by atoms with Gasteiger partial charge in [0.2, 0.25) is 4.77 Å². The van der Waals surface area contributed by atoms with Gasteiger partial charge in [-0.3, -0.25) is 4.90 Å². The summed E-state index contributed by atoms with van der Waals surface area (Å²) in [6, 6.07) is 16.3. The summed E-state index contributed by atoms with van der Waals surface area (Å²) in [5.74, 6) is 0. The van der Waals surface area contributed by atoms with Crippen LogP contribution in [0.5, 0.6) is 0 Å². The van der Waals surface area contributed by atoms with Crippen molar-refractivity contribution in [1.29, 1.82) is 0 Å². The molecule has 0 saturated heterocycles. The molecule has 0 fully saturated rings. The maximum Gasteiger partial charge on any atom is 0.221 e. The average molecular weight is 406 g/mol. The van der Waals surface area contributed by atoms with Crippen LogP contribution in [0.25, 0.3) is 11.4 Å². The second-order valence-corrected chi connectivity index (χ2v) is 7.61. The van der Waals surface area contributed by atoms with E-state index in [0.717, 1.165) is 34.6 Å². The van der Waals surface area contributed by atoms with Crippen molar-refractivity contribution < 1.29 is 0 Å². The second kappa shape index (κ2) is 8.10. The fourth-order valence-electron chi connectivity index (χ4n) is 3.22. The third kappa shape index (κ3) is 4.18. The Kier molecular flexibility index (Phi) is 5.37. The molecule has 0 amide bonds. The van der Waals surface area contributed by atoms with E-state index in [1.54, 1.807) is 9.36 Å². The van der Waals surface area contributed by atoms with Crippen LogP contribution >= 0.6 is 12.2 Å². The number of hydrogen-bond donors (Lipinski definition) is 0. The Bertz CT molecular complexity index is 1170. The van der Waals surface area contributed by atoms with E-state index < -0.39 is 0 Å². The number of aryl methyl sites for hydroxylation is 2. The van der Waals surface area contributed by atoms with Crippen LogP contribution in [-0.4, -0.2) is 41.5 Å². The van der Waals surface area contributed by atoms with E-state index in [4.69, 9.17) is 12.2 Å². The number of para-hydroxylation sites is 1. The molecule has 8 heteroatoms. The molecule has 0 bridgehead atoms. The first kappa shape index (κ1) is 19.2. The number of hydrogen-bond acceptors (Lipinski definition) is 5. The first-order valence-electron chi connectivity index (χ1n) is 9.39. The molecular weight excluding hydrogens is 382 g/mol. The van der Waals surface area contributed by atoms with Gasteiger partial charge >= 0.3 is 0 Å². The summed E-state index contributed by atoms with van der Waals surface area (Å²) >= 11 is 5.62. The zero-order chi connectivity index (χ0) is 20.4. The topological polar surface area (TPSA) is 56.7 Å². The van der Waals surface area contributed by atoms with Gasteiger partial charge in [0.15, 0.2) is 0 Å². The Balaban J connectivity index is 1.48. The van der Waals surface area contributed by atoms with Gasteiger partial charge < -0.3 is 0 Å². The summed E-state index contributed by atoms with van der Waals surface area (Å²) in [5, 5.41) is 13.0. The largest absolute Gasteiger partial charge is 0.283 e. The van der Waals surface area contributed by atoms with Crippen molar-refractivity contribution in [2.75, 3.05) is 7.05 Å². The maximum atomic E-state index is 5.62. The molecule has 2 aromatic carbocycles. The molecule has 0 radical (unpaired) electrons. The highest BCUT2D eigenvalue weighted by atomic mass is 32.1. The molecule has 4 aromatic rings. The van der Waals surface area contributed by atoms with Crippen molar-refractivity contribution >= 4 is 12.2 Å². The van der Waals surface area contributed by atoms with Gasteiger partial charge in [0, 0.05) is 18.3 Å². The highest BCUT2D eigenvalue weighted by Gasteiger charge is 2.11. The van der Waals surface area contributed by atoms with Gasteiger partial charge in [0.05, 0.1) is 24.2 Å². The zero-order valence-electron chi connectivity index (χ0n) is 16.7. The molecule has 0 atom stereocenters. The van der Waals surface area contributed by atoms with Crippen molar-refractivity contribution in [1.82, 2.24) is 34.5 Å². The fourth-order valence-corrected chi connectivity index (χ4v) is 3.44. The lowest BCUT2D eigenvalue weighted by atomic mass is 10.1. The van der Waals surface area contributed by atoms with E-state index in [2.05, 4.69) is 45.5 Å². The molecule has 0 N–H and O–H groups in total. The molecule has 0 unspecified atom stereocenters. The van der Waals surface area contributed by atoms with E-state index in [1.165, 1.54) is 0 Å². The molecule has 0 saturated carbocycles. The Labute approximate surface area is 174 Å². The highest BCUT2D eigenvalue weighted by Crippen LogP contribution is 2.15. The second-order valence-electron chi connectivity index (χ2n) is 7.25. The predicted molar refractivity (Wildman–Crippen MR) is 115 cm³/mol. The van der Waals surface area contributed by atoms with Crippen LogP contribution in [0.15, 0.2) is 60.9 Å². The van der Waals surface area contributed by atoms with E-state index >= 15 is 0 Å². The molecule has 4 rings (SSSR count). The summed E-state index contributed by atoms with van der Waals surface area (Å²) < 4.78 is 5.91. The van der Waals surface area contributed by atoms with Gasteiger partial charge in [-0.05, 0) is 72.9 Å². The van der Waals surface area contributed by atoms with Crippen LogP contribution in [0.2, 0.25) is 0 Å². The average Bonchev–Trinajstić information content (AvgIpc) is 3.32. The van der Waals surface area contributed by atoms with Crippen molar-refractivity contribution in [3.63, 3.8) is 0 Å². The van der Waals surface area contributed by atoms with Crippen LogP contribution in [0.4, 0.5) is 0 Å². The van der Waals surface area contributed by atoms with Gasteiger partial charge in [-0.15, -0.1) is 0 Å². The van der Waals surface area contributed by atoms with Gasteiger partial charge in [0.1, 0.15) is 0 Å². The third-order valence-corrected chi connectivity index (χ3v) is 5.10. The summed E-state index contributed by atoms with van der Waals surface area (Å²) in [7, 11) is 2.03. The first-order chi connectivity index (χ1) is 14.0. The molecule has 0 spiro atoms. The minimum absolute atomic E-state index is 0.542. The molecule has 0 aliphatic heterocycles. The lowest BCUT2D eigenvalue weighted by Crippen LogP contribution is -2.22. The van der Waals surface area contributed by atoms with Crippen LogP contribution in [0.3, 0.4) is 0 Å². The maximum absolute atomic E-state index is 5.62. The molecular formula is C21H23N7S. The molecule has 29 heavy (non-hydrogen) atoms. The molecule has 2 heterocycles. The standard InChI is InChI=1S/C21H23N7S/c1-16-9-10-17(2)20(11-16)28-21(29)27(23-24-28)15-25(3)13-18-12-22-26(14-18)19-7-5-4-6-8-19/h4-12,14H,13,15H2,1-3H3. The lowest BCUT2D eigenvalue weighted by molar-refractivity contribution is 0.242. The Morgan fingerprint density at radius 1 is 1.03 bits per heavy atom. The van der Waals surface area contributed by atoms with Crippen molar-refractivity contribution in [2.45, 2.75) is 27.1 Å². The number of benzene rings is 2. The third-order valence-electron chi connectivity index (χ3n) is 4.72. The first-order valence-corrected chi connectivity index (χ1v) is 9.80. The van der Waals surface area contributed by atoms with Crippen LogP contribution in [0, 0.1) is 18.6 Å². The number of aromatic nitrogens is 6. The SMILES string of the molecule is Cc1ccc(C)c(-n2nnn(CN(C)Cc3cnn(-c4ccccc4)c3)c2=S)c1. The lowest BCUT2D eigenvalue weighted by Gasteiger charge is -2.14. The Hall–Kier alpha value is -3.10. The zero-order valence-corrected chi connectivity index (χ0v) is 17.5. The molecule has 7 nitrogen and oxygen atoms in total. The van der Waals surface area contributed by atoms with Gasteiger partial charge in [-0.2, -0.15) is 9.78 Å². The molecule has 148 valence electrons. The quantitative estimate of drug-likeness (QED) is 0.458. The van der Waals surface area contributed by atoms with Gasteiger partial charge in [-0.25, -0.2) is 9.36 Å². The van der Waals surface area contributed by atoms with E-state index in [-0.39, 0.29) is 0 Å². The summed E-state index contributed by atoms with van der Waals surface area (Å²) in [5.41, 5.74) is 5.40. The van der Waals surface area contributed by atoms with E-state index in [9.17, 15) is 0 Å². The number of rotatable bonds is 6. The van der Waals surface area contributed by atoms with Crippen molar-refractivity contribution in [3.8, 4) is 11.4 Å². The fraction of sp³-hybridized carbons (Fsp3) is 0.238. The van der Waals surface area contributed by atoms with Crippen LogP contribution in [0.1, 0.15) is 16.7 Å². The summed E-state index contributed by atoms with van der Waals surface area (Å²) in [4.78, 5) is 2.13. The van der Waals surface area contributed by atoms with E-state index in [1.807, 2.05) is 61.4 Å². The van der Waals surface area contributed by atoms with Crippen molar-refractivity contribution in [3.05, 3.63) is 82.4 Å². The molecule has 0 aliphatic carbocycles. The van der Waals surface area contributed by atoms with Crippen molar-refractivity contribution in [2.24, 2.45) is 0 Å². The van der Waals surface area contributed by atoms with Crippen LogP contribution in [-0.2, 0) is 13.2 Å². The summed E-state index contributed by atoms with van der Waals surface area (Å²) in [6.07, 6.45) is 3.92. The summed E-state index contributed by atoms with van der Waals surface area (Å²) in [6.45, 7) is 5.37. The van der Waals surface area contributed by atoms with Crippen LogP contribution < -0.4 is 0 Å². The smallest absolute Gasteiger partial charge is 0.221 e. The monoisotopic (exact) mass is 405 g/mol. The molecule has 0 aliphatic rings. The highest BCUT2D eigenvalue weighted by molar-refractivity contribution is 7.71. The number of nitrogens with zero attached hydrogens (tertiary/aromatic N) is 7. The van der Waals surface area contributed by atoms with Gasteiger partial charge in [0.25, 0.3) is 0 Å². The number of tetrazole rings is 1.